The highest BCUT2D eigenvalue weighted by Gasteiger charge is 2.24. The van der Waals surface area contributed by atoms with E-state index in [0.717, 1.165) is 32.4 Å². The van der Waals surface area contributed by atoms with Crippen molar-refractivity contribution in [2.45, 2.75) is 58.5 Å². The van der Waals surface area contributed by atoms with Gasteiger partial charge in [0.05, 0.1) is 6.04 Å². The van der Waals surface area contributed by atoms with Crippen LogP contribution < -0.4 is 5.32 Å². The van der Waals surface area contributed by atoms with Gasteiger partial charge in [0.25, 0.3) is 0 Å². The van der Waals surface area contributed by atoms with Crippen LogP contribution in [0.25, 0.3) is 0 Å². The Kier molecular flexibility index (Phi) is 5.80. The minimum Gasteiger partial charge on any atom is -0.341 e. The molecule has 1 aliphatic heterocycles. The first kappa shape index (κ1) is 16.0. The Morgan fingerprint density at radius 2 is 1.81 bits per heavy atom. The van der Waals surface area contributed by atoms with Gasteiger partial charge in [-0.25, -0.2) is 0 Å². The third kappa shape index (κ3) is 4.31. The molecular weight excluding hydrogens is 260 g/mol. The van der Waals surface area contributed by atoms with Crippen molar-refractivity contribution in [1.82, 2.24) is 10.2 Å². The van der Waals surface area contributed by atoms with Crippen LogP contribution in [0.3, 0.4) is 0 Å². The third-order valence-electron chi connectivity index (χ3n) is 4.31. The molecule has 1 aromatic carbocycles. The quantitative estimate of drug-likeness (QED) is 0.871. The lowest BCUT2D eigenvalue weighted by molar-refractivity contribution is -0.132. The van der Waals surface area contributed by atoms with Gasteiger partial charge in [-0.15, -0.1) is 0 Å². The second-order valence-corrected chi connectivity index (χ2v) is 6.13. The van der Waals surface area contributed by atoms with Gasteiger partial charge in [0.15, 0.2) is 0 Å². The lowest BCUT2D eigenvalue weighted by atomic mass is 10.0. The van der Waals surface area contributed by atoms with Crippen LogP contribution in [0.5, 0.6) is 0 Å². The highest BCUT2D eigenvalue weighted by molar-refractivity contribution is 5.81. The Morgan fingerprint density at radius 3 is 2.38 bits per heavy atom. The van der Waals surface area contributed by atoms with Gasteiger partial charge >= 0.3 is 0 Å². The molecule has 1 saturated heterocycles. The van der Waals surface area contributed by atoms with Gasteiger partial charge in [-0.1, -0.05) is 37.6 Å². The third-order valence-corrected chi connectivity index (χ3v) is 4.31. The molecule has 0 aliphatic carbocycles. The number of benzene rings is 1. The molecule has 2 unspecified atom stereocenters. The van der Waals surface area contributed by atoms with Gasteiger partial charge in [-0.2, -0.15) is 0 Å². The molecule has 0 spiro atoms. The predicted molar refractivity (Wildman–Crippen MR) is 87.3 cm³/mol. The Hall–Kier alpha value is -1.35. The topological polar surface area (TPSA) is 32.3 Å². The second kappa shape index (κ2) is 7.60. The summed E-state index contributed by atoms with van der Waals surface area (Å²) in [6.45, 7) is 8.14. The van der Waals surface area contributed by atoms with E-state index in [2.05, 4.69) is 43.4 Å². The lowest BCUT2D eigenvalue weighted by Gasteiger charge is -2.24. The summed E-state index contributed by atoms with van der Waals surface area (Å²) >= 11 is 0. The molecule has 3 nitrogen and oxygen atoms in total. The van der Waals surface area contributed by atoms with Crippen molar-refractivity contribution >= 4 is 5.91 Å². The maximum atomic E-state index is 12.3. The Bertz CT molecular complexity index is 449. The number of nitrogens with one attached hydrogen (secondary N) is 1. The van der Waals surface area contributed by atoms with Crippen molar-refractivity contribution < 1.29 is 4.79 Å². The van der Waals surface area contributed by atoms with E-state index in [1.165, 1.54) is 17.5 Å². The minimum absolute atomic E-state index is 0.117. The van der Waals surface area contributed by atoms with Crippen molar-refractivity contribution in [2.24, 2.45) is 0 Å². The molecule has 2 atom stereocenters. The fourth-order valence-corrected chi connectivity index (χ4v) is 3.02. The summed E-state index contributed by atoms with van der Waals surface area (Å²) in [7, 11) is 0. The summed E-state index contributed by atoms with van der Waals surface area (Å²) in [4.78, 5) is 14.3. The summed E-state index contributed by atoms with van der Waals surface area (Å²) in [5.41, 5.74) is 2.63. The summed E-state index contributed by atoms with van der Waals surface area (Å²) in [6.07, 6.45) is 4.60. The van der Waals surface area contributed by atoms with Gasteiger partial charge in [0.1, 0.15) is 0 Å². The first-order valence-electron chi connectivity index (χ1n) is 8.25. The summed E-state index contributed by atoms with van der Waals surface area (Å²) < 4.78 is 0. The van der Waals surface area contributed by atoms with Crippen molar-refractivity contribution in [3.8, 4) is 0 Å². The molecule has 0 saturated carbocycles. The number of rotatable bonds is 6. The van der Waals surface area contributed by atoms with Crippen LogP contribution in [0.2, 0.25) is 0 Å². The molecule has 0 aromatic heterocycles. The summed E-state index contributed by atoms with van der Waals surface area (Å²) in [6, 6.07) is 8.83. The summed E-state index contributed by atoms with van der Waals surface area (Å²) in [5, 5.41) is 3.43. The van der Waals surface area contributed by atoms with Gasteiger partial charge in [-0.05, 0) is 44.2 Å². The highest BCUT2D eigenvalue weighted by atomic mass is 16.2. The van der Waals surface area contributed by atoms with Gasteiger partial charge in [0.2, 0.25) is 5.91 Å². The molecule has 0 bridgehead atoms. The van der Waals surface area contributed by atoms with Crippen LogP contribution in [0.1, 0.15) is 57.2 Å². The van der Waals surface area contributed by atoms with E-state index in [4.69, 9.17) is 0 Å². The molecule has 1 N–H and O–H groups in total. The zero-order valence-electron chi connectivity index (χ0n) is 13.6. The number of nitrogens with zero attached hydrogens (tertiary/aromatic N) is 1. The molecule has 21 heavy (non-hydrogen) atoms. The summed E-state index contributed by atoms with van der Waals surface area (Å²) in [5.74, 6) is 0.238. The molecular formula is C18H28N2O. The highest BCUT2D eigenvalue weighted by Crippen LogP contribution is 2.16. The van der Waals surface area contributed by atoms with Crippen LogP contribution in [-0.4, -0.2) is 29.9 Å². The molecule has 1 amide bonds. The van der Waals surface area contributed by atoms with Crippen LogP contribution in [-0.2, 0) is 11.2 Å². The fraction of sp³-hybridized carbons (Fsp3) is 0.611. The first-order chi connectivity index (χ1) is 10.1. The number of carbonyl (C=O) groups excluding carboxylic acids is 1. The number of hydrogen-bond acceptors (Lipinski definition) is 2. The molecule has 3 heteroatoms. The SMILES string of the molecule is CCCc1ccc(C(C)NC(C)C(=O)N2CCCC2)cc1. The molecule has 1 aromatic rings. The monoisotopic (exact) mass is 288 g/mol. The zero-order chi connectivity index (χ0) is 15.2. The standard InChI is InChI=1S/C18H28N2O/c1-4-7-16-8-10-17(11-9-16)14(2)19-15(3)18(21)20-12-5-6-13-20/h8-11,14-15,19H,4-7,12-13H2,1-3H3. The maximum Gasteiger partial charge on any atom is 0.239 e. The van der Waals surface area contributed by atoms with Crippen molar-refractivity contribution in [2.75, 3.05) is 13.1 Å². The Balaban J connectivity index is 1.90. The molecule has 0 radical (unpaired) electrons. The van der Waals surface area contributed by atoms with E-state index in [1.54, 1.807) is 0 Å². The van der Waals surface area contributed by atoms with Gasteiger partial charge < -0.3 is 4.90 Å². The number of hydrogen-bond donors (Lipinski definition) is 1. The second-order valence-electron chi connectivity index (χ2n) is 6.13. The number of amides is 1. The van der Waals surface area contributed by atoms with Gasteiger partial charge in [0, 0.05) is 19.1 Å². The van der Waals surface area contributed by atoms with Crippen LogP contribution in [0.15, 0.2) is 24.3 Å². The van der Waals surface area contributed by atoms with Crippen LogP contribution in [0.4, 0.5) is 0 Å². The Morgan fingerprint density at radius 1 is 1.19 bits per heavy atom. The Labute approximate surface area is 128 Å². The zero-order valence-corrected chi connectivity index (χ0v) is 13.6. The van der Waals surface area contributed by atoms with E-state index >= 15 is 0 Å². The van der Waals surface area contributed by atoms with E-state index in [-0.39, 0.29) is 18.0 Å². The molecule has 1 fully saturated rings. The molecule has 1 aliphatic rings. The maximum absolute atomic E-state index is 12.3. The molecule has 116 valence electrons. The van der Waals surface area contributed by atoms with Crippen LogP contribution in [0, 0.1) is 0 Å². The fourth-order valence-electron chi connectivity index (χ4n) is 3.02. The number of aryl methyl sites for hydroxylation is 1. The predicted octanol–water partition coefficient (Wildman–Crippen LogP) is 3.30. The minimum atomic E-state index is -0.117. The van der Waals surface area contributed by atoms with Crippen LogP contribution >= 0.6 is 0 Å². The van der Waals surface area contributed by atoms with Crippen molar-refractivity contribution in [1.29, 1.82) is 0 Å². The van der Waals surface area contributed by atoms with Crippen molar-refractivity contribution in [3.05, 3.63) is 35.4 Å². The largest absolute Gasteiger partial charge is 0.341 e. The first-order valence-corrected chi connectivity index (χ1v) is 8.25. The van der Waals surface area contributed by atoms with E-state index in [9.17, 15) is 4.79 Å². The number of carbonyl (C=O) groups is 1. The average molecular weight is 288 g/mol. The van der Waals surface area contributed by atoms with E-state index < -0.39 is 0 Å². The van der Waals surface area contributed by atoms with Crippen molar-refractivity contribution in [3.63, 3.8) is 0 Å². The molecule has 2 rings (SSSR count). The normalized spacial score (nSPS) is 17.8. The van der Waals surface area contributed by atoms with Gasteiger partial charge in [-0.3, -0.25) is 10.1 Å². The molecule has 1 heterocycles. The van der Waals surface area contributed by atoms with E-state index in [1.807, 2.05) is 11.8 Å². The smallest absolute Gasteiger partial charge is 0.239 e. The number of likely N-dealkylation sites (tertiary alicyclic amines) is 1. The lowest BCUT2D eigenvalue weighted by Crippen LogP contribution is -2.44. The average Bonchev–Trinajstić information content (AvgIpc) is 3.01. The van der Waals surface area contributed by atoms with E-state index in [0.29, 0.717) is 0 Å².